The smallest absolute Gasteiger partial charge is 0.321 e. The third-order valence-electron chi connectivity index (χ3n) is 2.67. The molecule has 4 nitrogen and oxygen atoms in total. The number of hydrogen-bond donors (Lipinski definition) is 2. The van der Waals surface area contributed by atoms with Crippen molar-refractivity contribution >= 4 is 11.7 Å². The van der Waals surface area contributed by atoms with E-state index in [0.29, 0.717) is 13.0 Å². The Labute approximate surface area is 111 Å². The van der Waals surface area contributed by atoms with Crippen LogP contribution in [-0.2, 0) is 0 Å². The molecule has 0 unspecified atom stereocenters. The van der Waals surface area contributed by atoms with Gasteiger partial charge in [-0.05, 0) is 31.4 Å². The van der Waals surface area contributed by atoms with Crippen molar-refractivity contribution < 1.29 is 18.7 Å². The molecular weight excluding hydrogens is 254 g/mol. The van der Waals surface area contributed by atoms with Gasteiger partial charge in [0.05, 0.1) is 5.69 Å². The lowest BCUT2D eigenvalue weighted by Gasteiger charge is -2.18. The molecule has 0 bridgehead atoms. The van der Waals surface area contributed by atoms with E-state index in [1.807, 2.05) is 0 Å². The van der Waals surface area contributed by atoms with Crippen molar-refractivity contribution in [3.63, 3.8) is 0 Å². The van der Waals surface area contributed by atoms with Crippen molar-refractivity contribution in [2.24, 2.45) is 0 Å². The van der Waals surface area contributed by atoms with E-state index in [1.165, 1.54) is 11.0 Å². The van der Waals surface area contributed by atoms with E-state index in [2.05, 4.69) is 5.32 Å². The minimum absolute atomic E-state index is 0.0476. The Morgan fingerprint density at radius 3 is 2.68 bits per heavy atom. The molecule has 0 aliphatic heterocycles. The van der Waals surface area contributed by atoms with Crippen LogP contribution in [0.3, 0.4) is 0 Å². The minimum atomic E-state index is -0.804. The molecule has 1 aromatic rings. The number of carbonyl (C=O) groups excluding carboxylic acids is 1. The molecule has 0 atom stereocenters. The SMILES string of the molecule is CN(CCCCCO)C(=O)Nc1ccc(F)cc1F. The first-order chi connectivity index (χ1) is 9.04. The number of urea groups is 1. The monoisotopic (exact) mass is 272 g/mol. The van der Waals surface area contributed by atoms with Gasteiger partial charge in [-0.1, -0.05) is 0 Å². The highest BCUT2D eigenvalue weighted by Crippen LogP contribution is 2.15. The van der Waals surface area contributed by atoms with Crippen molar-refractivity contribution in [2.45, 2.75) is 19.3 Å². The Bertz CT molecular complexity index is 427. The topological polar surface area (TPSA) is 52.6 Å². The number of carbonyl (C=O) groups is 1. The van der Waals surface area contributed by atoms with Crippen molar-refractivity contribution in [3.05, 3.63) is 29.8 Å². The number of rotatable bonds is 6. The second-order valence-corrected chi connectivity index (χ2v) is 4.26. The van der Waals surface area contributed by atoms with E-state index >= 15 is 0 Å². The first-order valence-corrected chi connectivity index (χ1v) is 6.12. The highest BCUT2D eigenvalue weighted by atomic mass is 19.1. The highest BCUT2D eigenvalue weighted by molar-refractivity contribution is 5.89. The molecule has 0 fully saturated rings. The summed E-state index contributed by atoms with van der Waals surface area (Å²) in [5.41, 5.74) is -0.0476. The Balaban J connectivity index is 2.45. The van der Waals surface area contributed by atoms with Crippen LogP contribution in [0.25, 0.3) is 0 Å². The number of unbranched alkanes of at least 4 members (excludes halogenated alkanes) is 2. The van der Waals surface area contributed by atoms with Crippen LogP contribution >= 0.6 is 0 Å². The lowest BCUT2D eigenvalue weighted by Crippen LogP contribution is -2.32. The zero-order chi connectivity index (χ0) is 14.3. The fraction of sp³-hybridized carbons (Fsp3) is 0.462. The Morgan fingerprint density at radius 1 is 1.32 bits per heavy atom. The van der Waals surface area contributed by atoms with Gasteiger partial charge in [0, 0.05) is 26.3 Å². The van der Waals surface area contributed by atoms with Gasteiger partial charge >= 0.3 is 6.03 Å². The number of aliphatic hydroxyl groups is 1. The van der Waals surface area contributed by atoms with E-state index in [0.717, 1.165) is 25.0 Å². The molecule has 1 rings (SSSR count). The van der Waals surface area contributed by atoms with Crippen LogP contribution in [-0.4, -0.2) is 36.2 Å². The van der Waals surface area contributed by atoms with Gasteiger partial charge in [0.15, 0.2) is 0 Å². The molecule has 2 amide bonds. The normalized spacial score (nSPS) is 10.3. The standard InChI is InChI=1S/C13H18F2N2O2/c1-17(7-3-2-4-8-18)13(19)16-12-6-5-10(14)9-11(12)15/h5-6,9,18H,2-4,7-8H2,1H3,(H,16,19). The fourth-order valence-corrected chi connectivity index (χ4v) is 1.54. The highest BCUT2D eigenvalue weighted by Gasteiger charge is 2.11. The number of nitrogens with one attached hydrogen (secondary N) is 1. The molecule has 0 spiro atoms. The zero-order valence-electron chi connectivity index (χ0n) is 10.8. The van der Waals surface area contributed by atoms with Gasteiger partial charge < -0.3 is 15.3 Å². The van der Waals surface area contributed by atoms with Crippen LogP contribution < -0.4 is 5.32 Å². The molecule has 0 aliphatic carbocycles. The van der Waals surface area contributed by atoms with E-state index in [4.69, 9.17) is 5.11 Å². The van der Waals surface area contributed by atoms with Crippen LogP contribution in [0.1, 0.15) is 19.3 Å². The number of aliphatic hydroxyl groups excluding tert-OH is 1. The molecular formula is C13H18F2N2O2. The summed E-state index contributed by atoms with van der Waals surface area (Å²) in [7, 11) is 1.59. The van der Waals surface area contributed by atoms with Crippen LogP contribution in [0.5, 0.6) is 0 Å². The van der Waals surface area contributed by atoms with E-state index in [9.17, 15) is 13.6 Å². The minimum Gasteiger partial charge on any atom is -0.396 e. The summed E-state index contributed by atoms with van der Waals surface area (Å²) in [5, 5.41) is 11.0. The second kappa shape index (κ2) is 7.68. The molecule has 6 heteroatoms. The van der Waals surface area contributed by atoms with Gasteiger partial charge in [0.1, 0.15) is 11.6 Å². The van der Waals surface area contributed by atoms with Crippen molar-refractivity contribution in [2.75, 3.05) is 25.5 Å². The van der Waals surface area contributed by atoms with Crippen LogP contribution in [0.4, 0.5) is 19.3 Å². The Kier molecular flexibility index (Phi) is 6.21. The van der Waals surface area contributed by atoms with E-state index < -0.39 is 17.7 Å². The summed E-state index contributed by atoms with van der Waals surface area (Å²) in [6.07, 6.45) is 2.28. The van der Waals surface area contributed by atoms with Crippen LogP contribution in [0.15, 0.2) is 18.2 Å². The maximum atomic E-state index is 13.3. The summed E-state index contributed by atoms with van der Waals surface area (Å²) in [4.78, 5) is 13.1. The number of benzene rings is 1. The summed E-state index contributed by atoms with van der Waals surface area (Å²) in [6.45, 7) is 0.644. The van der Waals surface area contributed by atoms with E-state index in [1.54, 1.807) is 7.05 Å². The van der Waals surface area contributed by atoms with Crippen molar-refractivity contribution in [1.29, 1.82) is 0 Å². The van der Waals surface area contributed by atoms with Gasteiger partial charge in [-0.2, -0.15) is 0 Å². The molecule has 106 valence electrons. The number of anilines is 1. The number of hydrogen-bond acceptors (Lipinski definition) is 2. The fourth-order valence-electron chi connectivity index (χ4n) is 1.54. The maximum Gasteiger partial charge on any atom is 0.321 e. The number of nitrogens with zero attached hydrogens (tertiary/aromatic N) is 1. The van der Waals surface area contributed by atoms with Gasteiger partial charge in [-0.25, -0.2) is 13.6 Å². The number of amides is 2. The summed E-state index contributed by atoms with van der Waals surface area (Å²) >= 11 is 0. The third kappa shape index (κ3) is 5.21. The molecule has 1 aromatic carbocycles. The first-order valence-electron chi connectivity index (χ1n) is 6.12. The quantitative estimate of drug-likeness (QED) is 0.782. The second-order valence-electron chi connectivity index (χ2n) is 4.26. The first kappa shape index (κ1) is 15.4. The molecule has 0 saturated carbocycles. The predicted molar refractivity (Wildman–Crippen MR) is 68.9 cm³/mol. The molecule has 0 aliphatic rings. The third-order valence-corrected chi connectivity index (χ3v) is 2.67. The summed E-state index contributed by atoms with van der Waals surface area (Å²) in [6, 6.07) is 2.54. The Hall–Kier alpha value is -1.69. The van der Waals surface area contributed by atoms with Crippen molar-refractivity contribution in [1.82, 2.24) is 4.90 Å². The lowest BCUT2D eigenvalue weighted by molar-refractivity contribution is 0.220. The van der Waals surface area contributed by atoms with Gasteiger partial charge in [0.25, 0.3) is 0 Å². The van der Waals surface area contributed by atoms with Gasteiger partial charge in [-0.3, -0.25) is 0 Å². The summed E-state index contributed by atoms with van der Waals surface area (Å²) < 4.78 is 26.0. The van der Waals surface area contributed by atoms with Gasteiger partial charge in [-0.15, -0.1) is 0 Å². The number of halogens is 2. The van der Waals surface area contributed by atoms with Gasteiger partial charge in [0.2, 0.25) is 0 Å². The predicted octanol–water partition coefficient (Wildman–Crippen LogP) is 2.59. The maximum absolute atomic E-state index is 13.3. The van der Waals surface area contributed by atoms with Crippen LogP contribution in [0, 0.1) is 11.6 Å². The summed E-state index contributed by atoms with van der Waals surface area (Å²) in [5.74, 6) is -1.49. The van der Waals surface area contributed by atoms with Crippen molar-refractivity contribution in [3.8, 4) is 0 Å². The molecule has 19 heavy (non-hydrogen) atoms. The zero-order valence-corrected chi connectivity index (χ0v) is 10.8. The average molecular weight is 272 g/mol. The molecule has 0 heterocycles. The van der Waals surface area contributed by atoms with Crippen LogP contribution in [0.2, 0.25) is 0 Å². The molecule has 0 aromatic heterocycles. The molecule has 2 N–H and O–H groups in total. The lowest BCUT2D eigenvalue weighted by atomic mass is 10.2. The molecule has 0 saturated heterocycles. The largest absolute Gasteiger partial charge is 0.396 e. The average Bonchev–Trinajstić information content (AvgIpc) is 2.37. The van der Waals surface area contributed by atoms with E-state index in [-0.39, 0.29) is 12.3 Å². The Morgan fingerprint density at radius 2 is 2.05 bits per heavy atom. The molecule has 0 radical (unpaired) electrons.